The van der Waals surface area contributed by atoms with Crippen LogP contribution in [0.25, 0.3) is 0 Å². The number of rotatable bonds is 7. The van der Waals surface area contributed by atoms with Crippen molar-refractivity contribution in [2.24, 2.45) is 0 Å². The van der Waals surface area contributed by atoms with E-state index in [1.54, 1.807) is 0 Å². The van der Waals surface area contributed by atoms with Crippen LogP contribution in [0, 0.1) is 0 Å². The van der Waals surface area contributed by atoms with Gasteiger partial charge in [-0.3, -0.25) is 0 Å². The minimum atomic E-state index is -0.628. The molecule has 4 aromatic carbocycles. The first kappa shape index (κ1) is 24.7. The molecule has 1 heterocycles. The Labute approximate surface area is 220 Å². The first-order valence-corrected chi connectivity index (χ1v) is 12.9. The first-order valence-electron chi connectivity index (χ1n) is 12.9. The van der Waals surface area contributed by atoms with Crippen LogP contribution in [0.15, 0.2) is 128 Å². The van der Waals surface area contributed by atoms with Crippen LogP contribution in [0.1, 0.15) is 60.4 Å². The van der Waals surface area contributed by atoms with E-state index in [9.17, 15) is 5.11 Å². The van der Waals surface area contributed by atoms with Crippen LogP contribution in [-0.4, -0.2) is 14.7 Å². The van der Waals surface area contributed by atoms with Crippen molar-refractivity contribution in [2.75, 3.05) is 0 Å². The fraction of sp³-hybridized carbons (Fsp3) is 0.206. The summed E-state index contributed by atoms with van der Waals surface area (Å²) < 4.78 is 2.19. The summed E-state index contributed by atoms with van der Waals surface area (Å²) in [5.74, 6) is 0. The SMILES string of the molecule is CC(C)(C)c1ccc([C@H](O)Cc2cn(C(c3ccccc3)(c3ccccc3)c3ccccc3)cn2)cc1. The minimum Gasteiger partial charge on any atom is -0.388 e. The van der Waals surface area contributed by atoms with Gasteiger partial charge in [0.15, 0.2) is 0 Å². The van der Waals surface area contributed by atoms with E-state index in [2.05, 4.69) is 116 Å². The third-order valence-corrected chi connectivity index (χ3v) is 7.16. The maximum atomic E-state index is 11.1. The molecule has 0 unspecified atom stereocenters. The highest BCUT2D eigenvalue weighted by Gasteiger charge is 2.38. The number of hydrogen-bond donors (Lipinski definition) is 1. The molecule has 3 heteroatoms. The van der Waals surface area contributed by atoms with Crippen LogP contribution in [-0.2, 0) is 17.4 Å². The highest BCUT2D eigenvalue weighted by molar-refractivity contribution is 5.50. The third kappa shape index (κ3) is 4.87. The number of aromatic nitrogens is 2. The smallest absolute Gasteiger partial charge is 0.121 e. The molecule has 186 valence electrons. The lowest BCUT2D eigenvalue weighted by atomic mass is 9.77. The number of nitrogens with zero attached hydrogens (tertiary/aromatic N) is 2. The summed E-state index contributed by atoms with van der Waals surface area (Å²) in [5, 5.41) is 11.1. The molecule has 0 saturated heterocycles. The van der Waals surface area contributed by atoms with Crippen LogP contribution in [0.3, 0.4) is 0 Å². The molecule has 0 amide bonds. The van der Waals surface area contributed by atoms with Gasteiger partial charge in [0.2, 0.25) is 0 Å². The zero-order valence-corrected chi connectivity index (χ0v) is 21.8. The van der Waals surface area contributed by atoms with Crippen molar-refractivity contribution in [2.45, 2.75) is 44.2 Å². The number of hydrogen-bond acceptors (Lipinski definition) is 2. The van der Waals surface area contributed by atoms with Gasteiger partial charge in [-0.05, 0) is 33.2 Å². The topological polar surface area (TPSA) is 38.0 Å². The summed E-state index contributed by atoms with van der Waals surface area (Å²) in [4.78, 5) is 4.78. The van der Waals surface area contributed by atoms with Gasteiger partial charge in [0.1, 0.15) is 5.54 Å². The van der Waals surface area contributed by atoms with E-state index in [1.807, 2.05) is 36.7 Å². The number of aliphatic hydroxyl groups is 1. The fourth-order valence-electron chi connectivity index (χ4n) is 5.16. The molecular weight excluding hydrogens is 452 g/mol. The van der Waals surface area contributed by atoms with Crippen molar-refractivity contribution < 1.29 is 5.11 Å². The van der Waals surface area contributed by atoms with Gasteiger partial charge in [-0.15, -0.1) is 0 Å². The van der Waals surface area contributed by atoms with Crippen LogP contribution in [0.5, 0.6) is 0 Å². The van der Waals surface area contributed by atoms with E-state index in [4.69, 9.17) is 4.98 Å². The van der Waals surface area contributed by atoms with Crippen molar-refractivity contribution in [1.82, 2.24) is 9.55 Å². The van der Waals surface area contributed by atoms with E-state index in [1.165, 1.54) is 5.56 Å². The summed E-state index contributed by atoms with van der Waals surface area (Å²) in [6.07, 6.45) is 3.80. The largest absolute Gasteiger partial charge is 0.388 e. The third-order valence-electron chi connectivity index (χ3n) is 7.16. The Bertz CT molecular complexity index is 1320. The maximum absolute atomic E-state index is 11.1. The summed E-state index contributed by atoms with van der Waals surface area (Å²) in [6.45, 7) is 6.59. The second-order valence-electron chi connectivity index (χ2n) is 10.7. The molecule has 0 fully saturated rings. The predicted octanol–water partition coefficient (Wildman–Crippen LogP) is 7.30. The quantitative estimate of drug-likeness (QED) is 0.245. The monoisotopic (exact) mass is 486 g/mol. The first-order chi connectivity index (χ1) is 17.9. The molecule has 0 spiro atoms. The van der Waals surface area contributed by atoms with Gasteiger partial charge in [-0.25, -0.2) is 4.98 Å². The summed E-state index contributed by atoms with van der Waals surface area (Å²) in [6, 6.07) is 40.0. The fourth-order valence-corrected chi connectivity index (χ4v) is 5.16. The van der Waals surface area contributed by atoms with E-state index in [0.29, 0.717) is 6.42 Å². The molecule has 0 aliphatic rings. The molecule has 0 aliphatic heterocycles. The molecular formula is C34H34N2O. The summed E-state index contributed by atoms with van der Waals surface area (Å²) in [5.41, 5.74) is 5.93. The van der Waals surface area contributed by atoms with Crippen LogP contribution < -0.4 is 0 Å². The van der Waals surface area contributed by atoms with E-state index >= 15 is 0 Å². The van der Waals surface area contributed by atoms with E-state index < -0.39 is 11.6 Å². The van der Waals surface area contributed by atoms with Crippen molar-refractivity contribution in [3.05, 3.63) is 161 Å². The molecule has 5 aromatic rings. The van der Waals surface area contributed by atoms with Crippen molar-refractivity contribution in [1.29, 1.82) is 0 Å². The maximum Gasteiger partial charge on any atom is 0.121 e. The van der Waals surface area contributed by atoms with Crippen molar-refractivity contribution in [3.8, 4) is 0 Å². The van der Waals surface area contributed by atoms with Crippen LogP contribution >= 0.6 is 0 Å². The Hall–Kier alpha value is -3.95. The van der Waals surface area contributed by atoms with Gasteiger partial charge in [0, 0.05) is 12.6 Å². The molecule has 0 radical (unpaired) electrons. The van der Waals surface area contributed by atoms with Gasteiger partial charge in [-0.1, -0.05) is 136 Å². The Kier molecular flexibility index (Phi) is 6.82. The van der Waals surface area contributed by atoms with Crippen LogP contribution in [0.2, 0.25) is 0 Å². The second-order valence-corrected chi connectivity index (χ2v) is 10.7. The lowest BCUT2D eigenvalue weighted by Gasteiger charge is -2.37. The Morgan fingerprint density at radius 3 is 1.54 bits per heavy atom. The van der Waals surface area contributed by atoms with Crippen LogP contribution in [0.4, 0.5) is 0 Å². The molecule has 3 nitrogen and oxygen atoms in total. The minimum absolute atomic E-state index is 0.0813. The number of aliphatic hydroxyl groups excluding tert-OH is 1. The van der Waals surface area contributed by atoms with Gasteiger partial charge in [0.05, 0.1) is 18.1 Å². The zero-order chi connectivity index (χ0) is 25.9. The average Bonchev–Trinajstić information content (AvgIpc) is 3.39. The van der Waals surface area contributed by atoms with Gasteiger partial charge in [-0.2, -0.15) is 0 Å². The average molecular weight is 487 g/mol. The van der Waals surface area contributed by atoms with Gasteiger partial charge < -0.3 is 9.67 Å². The Morgan fingerprint density at radius 2 is 1.11 bits per heavy atom. The Morgan fingerprint density at radius 1 is 0.649 bits per heavy atom. The molecule has 0 aliphatic carbocycles. The number of benzene rings is 4. The van der Waals surface area contributed by atoms with E-state index in [-0.39, 0.29) is 5.41 Å². The van der Waals surface area contributed by atoms with E-state index in [0.717, 1.165) is 27.9 Å². The van der Waals surface area contributed by atoms with Gasteiger partial charge >= 0.3 is 0 Å². The molecule has 37 heavy (non-hydrogen) atoms. The highest BCUT2D eigenvalue weighted by Crippen LogP contribution is 2.41. The molecule has 0 bridgehead atoms. The summed E-state index contributed by atoms with van der Waals surface area (Å²) in [7, 11) is 0. The molecule has 1 aromatic heterocycles. The number of imidazole rings is 1. The second kappa shape index (κ2) is 10.2. The normalized spacial score (nSPS) is 12.9. The lowest BCUT2D eigenvalue weighted by molar-refractivity contribution is 0.177. The zero-order valence-electron chi connectivity index (χ0n) is 21.8. The molecule has 1 atom stereocenters. The lowest BCUT2D eigenvalue weighted by Crippen LogP contribution is -2.36. The Balaban J connectivity index is 1.56. The summed E-state index contributed by atoms with van der Waals surface area (Å²) >= 11 is 0. The predicted molar refractivity (Wildman–Crippen MR) is 151 cm³/mol. The van der Waals surface area contributed by atoms with Crippen molar-refractivity contribution >= 4 is 0 Å². The molecule has 0 saturated carbocycles. The highest BCUT2D eigenvalue weighted by atomic mass is 16.3. The molecule has 5 rings (SSSR count). The van der Waals surface area contributed by atoms with Crippen molar-refractivity contribution in [3.63, 3.8) is 0 Å². The standard InChI is InChI=1S/C34H34N2O/c1-33(2,3)27-21-19-26(20-22-27)32(37)23-31-24-36(25-35-31)34(28-13-7-4-8-14-28,29-15-9-5-10-16-29)30-17-11-6-12-18-30/h4-22,24-25,32,37H,23H2,1-3H3/t32-/m1/s1. The molecule has 1 N–H and O–H groups in total. The van der Waals surface area contributed by atoms with Gasteiger partial charge in [0.25, 0.3) is 0 Å².